The van der Waals surface area contributed by atoms with Crippen molar-refractivity contribution in [3.05, 3.63) is 115 Å². The molecule has 1 aliphatic rings. The van der Waals surface area contributed by atoms with Gasteiger partial charge in [0.15, 0.2) is 5.76 Å². The van der Waals surface area contributed by atoms with Crippen molar-refractivity contribution in [1.29, 1.82) is 0 Å². The lowest BCUT2D eigenvalue weighted by Gasteiger charge is -2.22. The average molecular weight is 545 g/mol. The molecule has 7 nitrogen and oxygen atoms in total. The molecule has 4 aromatic carbocycles. The van der Waals surface area contributed by atoms with Gasteiger partial charge in [-0.2, -0.15) is 0 Å². The van der Waals surface area contributed by atoms with Gasteiger partial charge in [-0.1, -0.05) is 102 Å². The first-order chi connectivity index (χ1) is 20.0. The van der Waals surface area contributed by atoms with Crippen LogP contribution in [0.1, 0.15) is 25.3 Å². The van der Waals surface area contributed by atoms with Crippen molar-refractivity contribution in [2.24, 2.45) is 0 Å². The van der Waals surface area contributed by atoms with Crippen LogP contribution in [0.2, 0.25) is 0 Å². The Balaban J connectivity index is 1.41. The molecule has 5 aromatic rings. The summed E-state index contributed by atoms with van der Waals surface area (Å²) in [6, 6.07) is 34.4. The fourth-order valence-corrected chi connectivity index (χ4v) is 5.11. The molecule has 0 unspecified atom stereocenters. The molecule has 41 heavy (non-hydrogen) atoms. The fraction of sp³-hybridized carbons (Fsp3) is 0.147. The van der Waals surface area contributed by atoms with Gasteiger partial charge in [0.2, 0.25) is 0 Å². The molecule has 6 rings (SSSR count). The summed E-state index contributed by atoms with van der Waals surface area (Å²) in [5, 5.41) is 14.0. The van der Waals surface area contributed by atoms with E-state index >= 15 is 0 Å². The summed E-state index contributed by atoms with van der Waals surface area (Å²) in [6.07, 6.45) is 0.811. The molecule has 204 valence electrons. The van der Waals surface area contributed by atoms with E-state index in [0.717, 1.165) is 27.8 Å². The van der Waals surface area contributed by atoms with E-state index in [1.165, 1.54) is 4.90 Å². The standard InChI is InChI=1S/C34H28N2O5/c1-2-40-33(39)36(28-11-7-4-8-12-28)30-29(25-9-5-3-6-10-25)35-41-31(30)26-15-13-23(14-16-26)24-17-19-27(20-18-24)34(21-22-34)32(37)38/h3-20H,2,21-22H2,1H3,(H,37,38). The van der Waals surface area contributed by atoms with Gasteiger partial charge in [0.1, 0.15) is 11.4 Å². The number of hydrogen-bond acceptors (Lipinski definition) is 5. The summed E-state index contributed by atoms with van der Waals surface area (Å²) < 4.78 is 11.4. The highest BCUT2D eigenvalue weighted by molar-refractivity contribution is 6.04. The minimum absolute atomic E-state index is 0.213. The molecule has 0 radical (unpaired) electrons. The number of para-hydroxylation sites is 1. The largest absolute Gasteiger partial charge is 0.481 e. The molecule has 1 saturated carbocycles. The van der Waals surface area contributed by atoms with Crippen LogP contribution in [0.25, 0.3) is 33.7 Å². The number of benzene rings is 4. The van der Waals surface area contributed by atoms with Gasteiger partial charge >= 0.3 is 12.1 Å². The van der Waals surface area contributed by atoms with Crippen molar-refractivity contribution in [3.63, 3.8) is 0 Å². The first-order valence-electron chi connectivity index (χ1n) is 13.5. The Hall–Kier alpha value is -5.17. The van der Waals surface area contributed by atoms with Crippen LogP contribution in [0, 0.1) is 0 Å². The van der Waals surface area contributed by atoms with Gasteiger partial charge in [0.25, 0.3) is 0 Å². The highest BCUT2D eigenvalue weighted by Gasteiger charge is 2.51. The third-order valence-corrected chi connectivity index (χ3v) is 7.48. The summed E-state index contributed by atoms with van der Waals surface area (Å²) in [4.78, 5) is 26.6. The minimum atomic E-state index is -0.764. The number of carboxylic acids is 1. The minimum Gasteiger partial charge on any atom is -0.481 e. The predicted octanol–water partition coefficient (Wildman–Crippen LogP) is 8.09. The van der Waals surface area contributed by atoms with Gasteiger partial charge in [-0.15, -0.1) is 0 Å². The Morgan fingerprint density at radius 2 is 1.37 bits per heavy atom. The molecular formula is C34H28N2O5. The van der Waals surface area contributed by atoms with Gasteiger partial charge < -0.3 is 14.4 Å². The summed E-state index contributed by atoms with van der Waals surface area (Å²) in [5.41, 5.74) is 5.22. The number of hydrogen-bond donors (Lipinski definition) is 1. The third-order valence-electron chi connectivity index (χ3n) is 7.48. The van der Waals surface area contributed by atoms with Crippen molar-refractivity contribution in [2.75, 3.05) is 11.5 Å². The van der Waals surface area contributed by atoms with E-state index in [1.54, 1.807) is 6.92 Å². The van der Waals surface area contributed by atoms with E-state index in [-0.39, 0.29) is 6.61 Å². The van der Waals surface area contributed by atoms with Crippen LogP contribution < -0.4 is 4.90 Å². The highest BCUT2D eigenvalue weighted by atomic mass is 16.6. The highest BCUT2D eigenvalue weighted by Crippen LogP contribution is 2.49. The van der Waals surface area contributed by atoms with E-state index in [4.69, 9.17) is 9.26 Å². The van der Waals surface area contributed by atoms with Crippen molar-refractivity contribution < 1.29 is 24.0 Å². The van der Waals surface area contributed by atoms with Crippen LogP contribution in [-0.2, 0) is 14.9 Å². The second-order valence-electron chi connectivity index (χ2n) is 9.99. The molecule has 0 saturated heterocycles. The maximum absolute atomic E-state index is 13.4. The van der Waals surface area contributed by atoms with Gasteiger partial charge in [-0.05, 0) is 48.6 Å². The molecule has 7 heteroatoms. The Morgan fingerprint density at radius 3 is 1.93 bits per heavy atom. The van der Waals surface area contributed by atoms with Crippen LogP contribution in [0.5, 0.6) is 0 Å². The summed E-state index contributed by atoms with van der Waals surface area (Å²) in [5.74, 6) is -0.334. The van der Waals surface area contributed by atoms with Crippen molar-refractivity contribution in [1.82, 2.24) is 5.16 Å². The Labute approximate surface area is 237 Å². The number of aliphatic carboxylic acids is 1. The lowest BCUT2D eigenvalue weighted by atomic mass is 9.93. The van der Waals surface area contributed by atoms with E-state index in [9.17, 15) is 14.7 Å². The number of aromatic nitrogens is 1. The maximum atomic E-state index is 13.4. The molecule has 1 aliphatic carbocycles. The molecule has 1 aromatic heterocycles. The number of anilines is 2. The fourth-order valence-electron chi connectivity index (χ4n) is 5.11. The van der Waals surface area contributed by atoms with Crippen molar-refractivity contribution >= 4 is 23.4 Å². The van der Waals surface area contributed by atoms with E-state index in [1.807, 2.05) is 109 Å². The molecule has 1 fully saturated rings. The first-order valence-corrected chi connectivity index (χ1v) is 13.5. The molecule has 0 bridgehead atoms. The van der Waals surface area contributed by atoms with Crippen molar-refractivity contribution in [2.45, 2.75) is 25.2 Å². The lowest BCUT2D eigenvalue weighted by molar-refractivity contribution is -0.140. The van der Waals surface area contributed by atoms with E-state index in [2.05, 4.69) is 5.16 Å². The zero-order chi connectivity index (χ0) is 28.4. The summed E-state index contributed by atoms with van der Waals surface area (Å²) in [7, 11) is 0. The monoisotopic (exact) mass is 544 g/mol. The molecule has 0 spiro atoms. The molecular weight excluding hydrogens is 516 g/mol. The van der Waals surface area contributed by atoms with Crippen LogP contribution in [0.15, 0.2) is 114 Å². The summed E-state index contributed by atoms with van der Waals surface area (Å²) >= 11 is 0. The molecule has 1 N–H and O–H groups in total. The first kappa shape index (κ1) is 26.1. The van der Waals surface area contributed by atoms with Crippen molar-refractivity contribution in [3.8, 4) is 33.7 Å². The zero-order valence-electron chi connectivity index (χ0n) is 22.5. The van der Waals surface area contributed by atoms with Crippen LogP contribution in [0.3, 0.4) is 0 Å². The molecule has 0 atom stereocenters. The van der Waals surface area contributed by atoms with Gasteiger partial charge in [-0.25, -0.2) is 9.69 Å². The Morgan fingerprint density at radius 1 is 0.805 bits per heavy atom. The second-order valence-corrected chi connectivity index (χ2v) is 9.99. The second kappa shape index (κ2) is 10.8. The number of ether oxygens (including phenoxy) is 1. The zero-order valence-corrected chi connectivity index (χ0v) is 22.5. The SMILES string of the molecule is CCOC(=O)N(c1ccccc1)c1c(-c2ccccc2)noc1-c1ccc(-c2ccc(C3(C(=O)O)CC3)cc2)cc1. The van der Waals surface area contributed by atoms with Gasteiger partial charge in [-0.3, -0.25) is 4.79 Å². The van der Waals surface area contributed by atoms with Gasteiger partial charge in [0.05, 0.1) is 17.7 Å². The third kappa shape index (κ3) is 4.87. The van der Waals surface area contributed by atoms with Crippen LogP contribution >= 0.6 is 0 Å². The quantitative estimate of drug-likeness (QED) is 0.212. The van der Waals surface area contributed by atoms with Gasteiger partial charge in [0, 0.05) is 11.1 Å². The Kier molecular flexibility index (Phi) is 6.85. The normalized spacial score (nSPS) is 13.4. The number of carbonyl (C=O) groups is 2. The van der Waals surface area contributed by atoms with E-state index in [0.29, 0.717) is 35.7 Å². The Bertz CT molecular complexity index is 1670. The topological polar surface area (TPSA) is 92.9 Å². The number of carboxylic acid groups (broad SMARTS) is 1. The molecule has 0 aliphatic heterocycles. The number of rotatable bonds is 8. The number of carbonyl (C=O) groups excluding carboxylic acids is 1. The number of nitrogens with zero attached hydrogens (tertiary/aromatic N) is 2. The average Bonchev–Trinajstić information content (AvgIpc) is 3.73. The maximum Gasteiger partial charge on any atom is 0.419 e. The summed E-state index contributed by atoms with van der Waals surface area (Å²) in [6.45, 7) is 1.98. The smallest absolute Gasteiger partial charge is 0.419 e. The lowest BCUT2D eigenvalue weighted by Crippen LogP contribution is -2.27. The molecule has 1 heterocycles. The van der Waals surface area contributed by atoms with Crippen LogP contribution in [0.4, 0.5) is 16.2 Å². The number of amides is 1. The molecule has 1 amide bonds. The van der Waals surface area contributed by atoms with E-state index < -0.39 is 17.5 Å². The predicted molar refractivity (Wildman–Crippen MR) is 157 cm³/mol. The van der Waals surface area contributed by atoms with Crippen LogP contribution in [-0.4, -0.2) is 28.9 Å².